The van der Waals surface area contributed by atoms with Gasteiger partial charge in [0.1, 0.15) is 5.60 Å². The summed E-state index contributed by atoms with van der Waals surface area (Å²) in [6.45, 7) is 10.0. The second-order valence-electron chi connectivity index (χ2n) is 7.43. The smallest absolute Gasteiger partial charge is 0.411 e. The number of amides is 1. The van der Waals surface area contributed by atoms with E-state index in [-0.39, 0.29) is 18.2 Å². The van der Waals surface area contributed by atoms with Crippen LogP contribution < -0.4 is 0 Å². The van der Waals surface area contributed by atoms with Gasteiger partial charge in [0.05, 0.1) is 6.04 Å². The number of fused-ring (bicyclic) bond motifs is 2. The molecule has 2 atom stereocenters. The quantitative estimate of drug-likeness (QED) is 0.785. The number of allylic oxidation sites excluding steroid dienone is 1. The zero-order valence-corrected chi connectivity index (χ0v) is 14.2. The molecule has 122 valence electrons. The Bertz CT molecular complexity index is 639. The molecule has 3 heteroatoms. The summed E-state index contributed by atoms with van der Waals surface area (Å²) in [5.74, 6) is 0. The molecule has 1 amide bonds. The molecule has 1 aromatic carbocycles. The van der Waals surface area contributed by atoms with E-state index in [0.29, 0.717) is 0 Å². The van der Waals surface area contributed by atoms with Crippen LogP contribution in [0, 0.1) is 0 Å². The van der Waals surface area contributed by atoms with Crippen LogP contribution in [0.4, 0.5) is 4.79 Å². The van der Waals surface area contributed by atoms with Crippen LogP contribution in [0.25, 0.3) is 5.57 Å². The first-order valence-electron chi connectivity index (χ1n) is 8.32. The highest BCUT2D eigenvalue weighted by atomic mass is 16.6. The SMILES string of the molecule is C=C(C1=CC2CCC(C1)N2C(=O)OC(C)(C)C)c1ccccc1. The van der Waals surface area contributed by atoms with Crippen molar-refractivity contribution in [2.45, 2.75) is 57.7 Å². The number of ether oxygens (including phenoxy) is 1. The van der Waals surface area contributed by atoms with E-state index in [9.17, 15) is 4.79 Å². The molecule has 0 aromatic heterocycles. The molecule has 3 rings (SSSR count). The molecule has 0 spiro atoms. The average molecular weight is 311 g/mol. The molecule has 1 aromatic rings. The maximum absolute atomic E-state index is 12.5. The lowest BCUT2D eigenvalue weighted by Crippen LogP contribution is -2.45. The highest BCUT2D eigenvalue weighted by Gasteiger charge is 2.41. The molecule has 3 nitrogen and oxygen atoms in total. The van der Waals surface area contributed by atoms with E-state index in [1.165, 1.54) is 5.57 Å². The first-order chi connectivity index (χ1) is 10.8. The van der Waals surface area contributed by atoms with Crippen LogP contribution in [0.15, 0.2) is 48.6 Å². The van der Waals surface area contributed by atoms with E-state index in [0.717, 1.165) is 30.4 Å². The highest BCUT2D eigenvalue weighted by molar-refractivity contribution is 5.79. The third-order valence-electron chi connectivity index (χ3n) is 4.51. The van der Waals surface area contributed by atoms with Gasteiger partial charge in [-0.25, -0.2) is 4.79 Å². The summed E-state index contributed by atoms with van der Waals surface area (Å²) in [7, 11) is 0. The summed E-state index contributed by atoms with van der Waals surface area (Å²) >= 11 is 0. The Kier molecular flexibility index (Phi) is 4.05. The zero-order valence-electron chi connectivity index (χ0n) is 14.2. The topological polar surface area (TPSA) is 29.5 Å². The fourth-order valence-electron chi connectivity index (χ4n) is 3.48. The molecule has 0 N–H and O–H groups in total. The third kappa shape index (κ3) is 3.34. The van der Waals surface area contributed by atoms with Gasteiger partial charge >= 0.3 is 6.09 Å². The van der Waals surface area contributed by atoms with Crippen molar-refractivity contribution in [2.24, 2.45) is 0 Å². The summed E-state index contributed by atoms with van der Waals surface area (Å²) in [4.78, 5) is 14.4. The average Bonchev–Trinajstić information content (AvgIpc) is 2.76. The van der Waals surface area contributed by atoms with E-state index in [1.807, 2.05) is 43.9 Å². The summed E-state index contributed by atoms with van der Waals surface area (Å²) in [5.41, 5.74) is 3.05. The van der Waals surface area contributed by atoms with Crippen molar-refractivity contribution in [1.82, 2.24) is 4.90 Å². The van der Waals surface area contributed by atoms with E-state index in [1.54, 1.807) is 0 Å². The van der Waals surface area contributed by atoms with Crippen LogP contribution in [-0.2, 0) is 4.74 Å². The van der Waals surface area contributed by atoms with Gasteiger partial charge < -0.3 is 4.74 Å². The van der Waals surface area contributed by atoms with Crippen LogP contribution in [0.5, 0.6) is 0 Å². The molecule has 0 aliphatic carbocycles. The van der Waals surface area contributed by atoms with Gasteiger partial charge in [-0.15, -0.1) is 0 Å². The summed E-state index contributed by atoms with van der Waals surface area (Å²) in [6.07, 6.45) is 4.93. The van der Waals surface area contributed by atoms with Crippen LogP contribution in [0.2, 0.25) is 0 Å². The lowest BCUT2D eigenvalue weighted by atomic mass is 9.91. The summed E-state index contributed by atoms with van der Waals surface area (Å²) < 4.78 is 5.57. The maximum Gasteiger partial charge on any atom is 0.411 e. The monoisotopic (exact) mass is 311 g/mol. The lowest BCUT2D eigenvalue weighted by Gasteiger charge is -2.35. The van der Waals surface area contributed by atoms with Crippen LogP contribution in [0.3, 0.4) is 0 Å². The number of carbonyl (C=O) groups is 1. The zero-order chi connectivity index (χ0) is 16.6. The van der Waals surface area contributed by atoms with E-state index >= 15 is 0 Å². The minimum atomic E-state index is -0.450. The number of carbonyl (C=O) groups excluding carboxylic acids is 1. The number of hydrogen-bond donors (Lipinski definition) is 0. The van der Waals surface area contributed by atoms with Crippen LogP contribution in [0.1, 0.15) is 45.6 Å². The van der Waals surface area contributed by atoms with Crippen molar-refractivity contribution < 1.29 is 9.53 Å². The normalized spacial score (nSPS) is 23.4. The predicted molar refractivity (Wildman–Crippen MR) is 93.1 cm³/mol. The molecule has 2 bridgehead atoms. The summed E-state index contributed by atoms with van der Waals surface area (Å²) in [6, 6.07) is 10.6. The first kappa shape index (κ1) is 15.9. The van der Waals surface area contributed by atoms with Gasteiger partial charge in [-0.3, -0.25) is 4.90 Å². The van der Waals surface area contributed by atoms with E-state index in [2.05, 4.69) is 24.8 Å². The fourth-order valence-corrected chi connectivity index (χ4v) is 3.48. The van der Waals surface area contributed by atoms with Crippen molar-refractivity contribution in [2.75, 3.05) is 0 Å². The molecule has 0 saturated carbocycles. The number of benzene rings is 1. The lowest BCUT2D eigenvalue weighted by molar-refractivity contribution is 0.0169. The minimum Gasteiger partial charge on any atom is -0.444 e. The van der Waals surface area contributed by atoms with E-state index < -0.39 is 5.60 Å². The third-order valence-corrected chi connectivity index (χ3v) is 4.51. The van der Waals surface area contributed by atoms with Gasteiger partial charge in [0.15, 0.2) is 0 Å². The van der Waals surface area contributed by atoms with Crippen molar-refractivity contribution >= 4 is 11.7 Å². The Morgan fingerprint density at radius 3 is 2.52 bits per heavy atom. The van der Waals surface area contributed by atoms with Crippen molar-refractivity contribution in [1.29, 1.82) is 0 Å². The second kappa shape index (κ2) is 5.88. The molecule has 2 unspecified atom stereocenters. The van der Waals surface area contributed by atoms with Gasteiger partial charge in [-0.1, -0.05) is 43.0 Å². The number of rotatable bonds is 2. The Morgan fingerprint density at radius 2 is 1.91 bits per heavy atom. The highest BCUT2D eigenvalue weighted by Crippen LogP contribution is 2.39. The van der Waals surface area contributed by atoms with Gasteiger partial charge in [0.25, 0.3) is 0 Å². The van der Waals surface area contributed by atoms with Gasteiger partial charge in [0, 0.05) is 6.04 Å². The van der Waals surface area contributed by atoms with Crippen molar-refractivity contribution in [3.63, 3.8) is 0 Å². The number of nitrogens with zero attached hydrogens (tertiary/aromatic N) is 1. The largest absolute Gasteiger partial charge is 0.444 e. The first-order valence-corrected chi connectivity index (χ1v) is 8.32. The standard InChI is InChI=1S/C20H25NO2/c1-14(15-8-6-5-7-9-15)16-12-17-10-11-18(13-16)21(17)19(22)23-20(2,3)4/h5-9,12,17-18H,1,10-11,13H2,2-4H3. The second-order valence-corrected chi connectivity index (χ2v) is 7.43. The molecule has 1 fully saturated rings. The van der Waals surface area contributed by atoms with Crippen molar-refractivity contribution in [3.05, 3.63) is 54.1 Å². The molecule has 23 heavy (non-hydrogen) atoms. The van der Waals surface area contributed by atoms with Crippen LogP contribution in [-0.4, -0.2) is 28.7 Å². The van der Waals surface area contributed by atoms with Gasteiger partial charge in [0.2, 0.25) is 0 Å². The number of hydrogen-bond acceptors (Lipinski definition) is 2. The van der Waals surface area contributed by atoms with Gasteiger partial charge in [-0.2, -0.15) is 0 Å². The molecule has 2 aliphatic heterocycles. The van der Waals surface area contributed by atoms with Crippen LogP contribution >= 0.6 is 0 Å². The maximum atomic E-state index is 12.5. The Balaban J connectivity index is 1.78. The van der Waals surface area contributed by atoms with E-state index in [4.69, 9.17) is 4.74 Å². The Morgan fingerprint density at radius 1 is 1.22 bits per heavy atom. The Labute approximate surface area is 138 Å². The van der Waals surface area contributed by atoms with Gasteiger partial charge in [-0.05, 0) is 56.7 Å². The predicted octanol–water partition coefficient (Wildman–Crippen LogP) is 4.80. The summed E-state index contributed by atoms with van der Waals surface area (Å²) in [5, 5.41) is 0. The molecule has 1 saturated heterocycles. The Hall–Kier alpha value is -2.03. The van der Waals surface area contributed by atoms with Crippen molar-refractivity contribution in [3.8, 4) is 0 Å². The molecule has 2 heterocycles. The molecule has 0 radical (unpaired) electrons. The molecule has 2 aliphatic rings. The molecular formula is C20H25NO2. The fraction of sp³-hybridized carbons (Fsp3) is 0.450. The molecular weight excluding hydrogens is 286 g/mol. The minimum absolute atomic E-state index is 0.138.